The molecule has 2 N–H and O–H groups in total. The quantitative estimate of drug-likeness (QED) is 0.873. The number of ether oxygens (including phenoxy) is 1. The summed E-state index contributed by atoms with van der Waals surface area (Å²) in [6, 6.07) is 8.98. The molecule has 1 saturated heterocycles. The Morgan fingerprint density at radius 1 is 0.963 bits per heavy atom. The highest BCUT2D eigenvalue weighted by Crippen LogP contribution is 2.54. The lowest BCUT2D eigenvalue weighted by molar-refractivity contribution is 0.00732. The maximum absolute atomic E-state index is 5.94. The van der Waals surface area contributed by atoms with Crippen molar-refractivity contribution in [2.75, 3.05) is 25.0 Å². The molecule has 1 aromatic carbocycles. The van der Waals surface area contributed by atoms with Gasteiger partial charge in [-0.3, -0.25) is 0 Å². The second-order valence-electron chi connectivity index (χ2n) is 9.11. The molecule has 5 heteroatoms. The van der Waals surface area contributed by atoms with Gasteiger partial charge in [-0.1, -0.05) is 12.1 Å². The Kier molecular flexibility index (Phi) is 3.86. The molecule has 4 bridgehead atoms. The summed E-state index contributed by atoms with van der Waals surface area (Å²) in [4.78, 5) is 9.82. The van der Waals surface area contributed by atoms with Crippen LogP contribution in [0.1, 0.15) is 44.0 Å². The van der Waals surface area contributed by atoms with E-state index < -0.39 is 0 Å². The summed E-state index contributed by atoms with van der Waals surface area (Å²) in [5.41, 5.74) is 1.02. The van der Waals surface area contributed by atoms with Crippen molar-refractivity contribution in [2.45, 2.75) is 44.2 Å². The average molecular weight is 364 g/mol. The fourth-order valence-electron chi connectivity index (χ4n) is 6.40. The predicted octanol–water partition coefficient (Wildman–Crippen LogP) is 3.53. The Labute approximate surface area is 160 Å². The molecule has 4 aliphatic carbocycles. The molecule has 5 fully saturated rings. The number of benzene rings is 1. The Balaban J connectivity index is 1.36. The zero-order chi connectivity index (χ0) is 17.8. The molecule has 1 aromatic heterocycles. The smallest absolute Gasteiger partial charge is 0.161 e. The summed E-state index contributed by atoms with van der Waals surface area (Å²) in [6.45, 7) is 2.41. The van der Waals surface area contributed by atoms with Crippen molar-refractivity contribution in [1.82, 2.24) is 15.3 Å². The first-order chi connectivity index (χ1) is 13.3. The van der Waals surface area contributed by atoms with Gasteiger partial charge < -0.3 is 15.4 Å². The number of fused-ring (bicyclic) bond motifs is 1. The second-order valence-corrected chi connectivity index (χ2v) is 9.11. The maximum atomic E-state index is 5.94. The van der Waals surface area contributed by atoms with Gasteiger partial charge in [0.1, 0.15) is 11.9 Å². The van der Waals surface area contributed by atoms with Crippen molar-refractivity contribution in [3.8, 4) is 0 Å². The molecule has 2 heterocycles. The van der Waals surface area contributed by atoms with E-state index in [0.29, 0.717) is 6.04 Å². The van der Waals surface area contributed by atoms with Crippen LogP contribution in [0.3, 0.4) is 0 Å². The molecule has 0 amide bonds. The third kappa shape index (κ3) is 2.83. The Morgan fingerprint density at radius 2 is 1.74 bits per heavy atom. The van der Waals surface area contributed by atoms with Crippen molar-refractivity contribution >= 4 is 16.7 Å². The van der Waals surface area contributed by atoms with E-state index in [1.54, 1.807) is 0 Å². The number of para-hydroxylation sites is 1. The first kappa shape index (κ1) is 16.3. The third-order valence-corrected chi connectivity index (χ3v) is 7.37. The highest BCUT2D eigenvalue weighted by molar-refractivity contribution is 5.89. The number of nitrogens with zero attached hydrogens (tertiary/aromatic N) is 2. The second kappa shape index (κ2) is 6.42. The number of aromatic nitrogens is 2. The van der Waals surface area contributed by atoms with Crippen molar-refractivity contribution in [3.63, 3.8) is 0 Å². The normalized spacial score (nSPS) is 37.6. The van der Waals surface area contributed by atoms with Crippen molar-refractivity contribution < 1.29 is 4.74 Å². The monoisotopic (exact) mass is 364 g/mol. The minimum Gasteiger partial charge on any atom is -0.368 e. The van der Waals surface area contributed by atoms with Gasteiger partial charge in [0, 0.05) is 24.5 Å². The third-order valence-electron chi connectivity index (χ3n) is 7.37. The minimum absolute atomic E-state index is 0.0533. The zero-order valence-electron chi connectivity index (χ0n) is 15.7. The van der Waals surface area contributed by atoms with E-state index in [-0.39, 0.29) is 6.10 Å². The molecule has 0 radical (unpaired) electrons. The van der Waals surface area contributed by atoms with E-state index in [1.807, 2.05) is 0 Å². The van der Waals surface area contributed by atoms with Crippen LogP contribution in [0.4, 0.5) is 5.82 Å². The number of anilines is 1. The lowest BCUT2D eigenvalue weighted by atomic mass is 9.54. The molecule has 2 aromatic rings. The van der Waals surface area contributed by atoms with Gasteiger partial charge in [0.05, 0.1) is 12.1 Å². The Hall–Kier alpha value is -1.72. The molecule has 5 aliphatic rings. The van der Waals surface area contributed by atoms with Crippen LogP contribution in [0.15, 0.2) is 24.3 Å². The summed E-state index contributed by atoms with van der Waals surface area (Å²) >= 11 is 0. The topological polar surface area (TPSA) is 59.1 Å². The molecular formula is C22H28N4O. The van der Waals surface area contributed by atoms with E-state index >= 15 is 0 Å². The van der Waals surface area contributed by atoms with E-state index in [9.17, 15) is 0 Å². The summed E-state index contributed by atoms with van der Waals surface area (Å²) in [7, 11) is 0. The lowest BCUT2D eigenvalue weighted by Gasteiger charge is -2.54. The van der Waals surface area contributed by atoms with Gasteiger partial charge >= 0.3 is 0 Å². The standard InChI is InChI=1S/C22H28N4O/c1-2-4-18-17(3-1)21(26-22(24-18)19-12-23-5-6-27-19)25-20-15-8-13-7-14(10-15)11-16(20)9-13/h1-4,13-16,19-20,23H,5-12H2,(H,24,25,26). The SMILES string of the molecule is c1ccc2c(NC3C4CC5CC(C4)CC3C5)nc(C3CNCCO3)nc2c1. The Morgan fingerprint density at radius 3 is 2.48 bits per heavy atom. The van der Waals surface area contributed by atoms with E-state index in [1.165, 1.54) is 32.1 Å². The molecule has 1 atom stereocenters. The van der Waals surface area contributed by atoms with E-state index in [4.69, 9.17) is 14.7 Å². The molecular weight excluding hydrogens is 336 g/mol. The highest BCUT2D eigenvalue weighted by Gasteiger charge is 2.48. The van der Waals surface area contributed by atoms with Crippen LogP contribution in [0.25, 0.3) is 10.9 Å². The minimum atomic E-state index is -0.0533. The van der Waals surface area contributed by atoms with Crippen LogP contribution in [0, 0.1) is 23.7 Å². The van der Waals surface area contributed by atoms with Crippen LogP contribution in [0.5, 0.6) is 0 Å². The van der Waals surface area contributed by atoms with Gasteiger partial charge in [0.2, 0.25) is 0 Å². The first-order valence-electron chi connectivity index (χ1n) is 10.7. The molecule has 1 aliphatic heterocycles. The van der Waals surface area contributed by atoms with Crippen LogP contribution in [-0.2, 0) is 4.74 Å². The maximum Gasteiger partial charge on any atom is 0.161 e. The van der Waals surface area contributed by atoms with Gasteiger partial charge in [-0.15, -0.1) is 0 Å². The molecule has 1 unspecified atom stereocenters. The number of morpholine rings is 1. The number of nitrogens with one attached hydrogen (secondary N) is 2. The van der Waals surface area contributed by atoms with Crippen molar-refractivity contribution in [3.05, 3.63) is 30.1 Å². The van der Waals surface area contributed by atoms with E-state index in [0.717, 1.165) is 65.9 Å². The van der Waals surface area contributed by atoms with Gasteiger partial charge in [-0.25, -0.2) is 9.97 Å². The molecule has 4 saturated carbocycles. The van der Waals surface area contributed by atoms with Crippen LogP contribution in [-0.4, -0.2) is 35.7 Å². The molecule has 7 rings (SSSR count). The molecule has 142 valence electrons. The van der Waals surface area contributed by atoms with Gasteiger partial charge in [-0.2, -0.15) is 0 Å². The van der Waals surface area contributed by atoms with Crippen LogP contribution >= 0.6 is 0 Å². The fourth-order valence-corrected chi connectivity index (χ4v) is 6.40. The molecule has 0 spiro atoms. The summed E-state index contributed by atoms with van der Waals surface area (Å²) in [5.74, 6) is 5.46. The van der Waals surface area contributed by atoms with Crippen LogP contribution < -0.4 is 10.6 Å². The van der Waals surface area contributed by atoms with Gasteiger partial charge in [0.15, 0.2) is 5.82 Å². The predicted molar refractivity (Wildman–Crippen MR) is 106 cm³/mol. The Bertz CT molecular complexity index is 819. The largest absolute Gasteiger partial charge is 0.368 e. The fraction of sp³-hybridized carbons (Fsp3) is 0.636. The van der Waals surface area contributed by atoms with Crippen molar-refractivity contribution in [2.24, 2.45) is 23.7 Å². The number of hydrogen-bond acceptors (Lipinski definition) is 5. The molecule has 27 heavy (non-hydrogen) atoms. The van der Waals surface area contributed by atoms with Gasteiger partial charge in [-0.05, 0) is 67.9 Å². The lowest BCUT2D eigenvalue weighted by Crippen LogP contribution is -2.51. The number of rotatable bonds is 3. The average Bonchev–Trinajstić information content (AvgIpc) is 2.70. The first-order valence-corrected chi connectivity index (χ1v) is 10.7. The van der Waals surface area contributed by atoms with Crippen LogP contribution in [0.2, 0.25) is 0 Å². The van der Waals surface area contributed by atoms with Crippen molar-refractivity contribution in [1.29, 1.82) is 0 Å². The summed E-state index contributed by atoms with van der Waals surface area (Å²) < 4.78 is 5.94. The highest BCUT2D eigenvalue weighted by atomic mass is 16.5. The van der Waals surface area contributed by atoms with E-state index in [2.05, 4.69) is 34.9 Å². The number of hydrogen-bond donors (Lipinski definition) is 2. The zero-order valence-corrected chi connectivity index (χ0v) is 15.7. The molecule has 5 nitrogen and oxygen atoms in total. The summed E-state index contributed by atoms with van der Waals surface area (Å²) in [5, 5.41) is 8.46. The van der Waals surface area contributed by atoms with Gasteiger partial charge in [0.25, 0.3) is 0 Å². The summed E-state index contributed by atoms with van der Waals surface area (Å²) in [6.07, 6.45) is 7.09.